The zero-order chi connectivity index (χ0) is 13.2. The molecule has 0 saturated carbocycles. The average molecular weight is 247 g/mol. The zero-order valence-corrected chi connectivity index (χ0v) is 12.0. The Morgan fingerprint density at radius 3 is 2.72 bits per heavy atom. The Bertz CT molecular complexity index is 394. The molecule has 2 atom stereocenters. The van der Waals surface area contributed by atoms with Gasteiger partial charge in [0.25, 0.3) is 0 Å². The smallest absolute Gasteiger partial charge is 0.0842 e. The van der Waals surface area contributed by atoms with Gasteiger partial charge in [0.05, 0.1) is 12.7 Å². The maximum absolute atomic E-state index is 5.99. The molecule has 100 valence electrons. The maximum Gasteiger partial charge on any atom is 0.0842 e. The lowest BCUT2D eigenvalue weighted by Gasteiger charge is -2.35. The monoisotopic (exact) mass is 247 g/mol. The molecule has 2 rings (SSSR count). The van der Waals surface area contributed by atoms with E-state index < -0.39 is 0 Å². The van der Waals surface area contributed by atoms with Crippen LogP contribution in [0, 0.1) is 5.41 Å². The van der Waals surface area contributed by atoms with E-state index in [1.54, 1.807) is 0 Å². The molecule has 0 radical (unpaired) electrons. The first kappa shape index (κ1) is 13.6. The van der Waals surface area contributed by atoms with E-state index in [1.165, 1.54) is 11.1 Å². The molecule has 2 unspecified atom stereocenters. The van der Waals surface area contributed by atoms with Crippen LogP contribution in [0.2, 0.25) is 0 Å². The molecular formula is C16H25NO. The summed E-state index contributed by atoms with van der Waals surface area (Å²) in [5, 5.41) is 3.44. The lowest BCUT2D eigenvalue weighted by Crippen LogP contribution is -2.40. The van der Waals surface area contributed by atoms with Crippen LogP contribution in [0.15, 0.2) is 24.3 Å². The number of hydrogen-bond donors (Lipinski definition) is 1. The van der Waals surface area contributed by atoms with Crippen molar-refractivity contribution in [3.63, 3.8) is 0 Å². The quantitative estimate of drug-likeness (QED) is 0.884. The van der Waals surface area contributed by atoms with Gasteiger partial charge in [0, 0.05) is 6.04 Å². The summed E-state index contributed by atoms with van der Waals surface area (Å²) >= 11 is 0. The fraction of sp³-hybridized carbons (Fsp3) is 0.625. The minimum Gasteiger partial charge on any atom is -0.373 e. The molecule has 2 nitrogen and oxygen atoms in total. The summed E-state index contributed by atoms with van der Waals surface area (Å²) < 4.78 is 5.99. The second-order valence-electron chi connectivity index (χ2n) is 6.25. The molecule has 1 heterocycles. The van der Waals surface area contributed by atoms with Gasteiger partial charge in [0.15, 0.2) is 0 Å². The van der Waals surface area contributed by atoms with Crippen LogP contribution in [0.3, 0.4) is 0 Å². The first-order valence-electron chi connectivity index (χ1n) is 6.89. The molecule has 0 aliphatic carbocycles. The summed E-state index contributed by atoms with van der Waals surface area (Å²) in [5.74, 6) is 0. The molecule has 1 aromatic carbocycles. The SMILES string of the molecule is CNC(CC1OCCc2ccccc21)C(C)(C)C. The fourth-order valence-electron chi connectivity index (χ4n) is 2.79. The van der Waals surface area contributed by atoms with Crippen molar-refractivity contribution >= 4 is 0 Å². The van der Waals surface area contributed by atoms with Crippen molar-refractivity contribution in [1.82, 2.24) is 5.32 Å². The Labute approximate surface area is 111 Å². The standard InChI is InChI=1S/C16H25NO/c1-16(2,3)15(17-4)11-14-13-8-6-5-7-12(13)9-10-18-14/h5-8,14-15,17H,9-11H2,1-4H3. The van der Waals surface area contributed by atoms with Crippen molar-refractivity contribution in [3.8, 4) is 0 Å². The van der Waals surface area contributed by atoms with Crippen LogP contribution < -0.4 is 5.32 Å². The van der Waals surface area contributed by atoms with Gasteiger partial charge in [-0.3, -0.25) is 0 Å². The van der Waals surface area contributed by atoms with Gasteiger partial charge in [0.2, 0.25) is 0 Å². The molecular weight excluding hydrogens is 222 g/mol. The van der Waals surface area contributed by atoms with E-state index in [0.29, 0.717) is 6.04 Å². The van der Waals surface area contributed by atoms with Crippen molar-refractivity contribution < 1.29 is 4.74 Å². The second kappa shape index (κ2) is 5.41. The van der Waals surface area contributed by atoms with Gasteiger partial charge >= 0.3 is 0 Å². The summed E-state index contributed by atoms with van der Waals surface area (Å²) in [6.45, 7) is 7.69. The number of ether oxygens (including phenoxy) is 1. The van der Waals surface area contributed by atoms with Gasteiger partial charge in [-0.05, 0) is 36.4 Å². The van der Waals surface area contributed by atoms with E-state index in [1.807, 2.05) is 7.05 Å². The highest BCUT2D eigenvalue weighted by Crippen LogP contribution is 2.34. The minimum absolute atomic E-state index is 0.242. The average Bonchev–Trinajstić information content (AvgIpc) is 2.34. The van der Waals surface area contributed by atoms with Crippen molar-refractivity contribution in [1.29, 1.82) is 0 Å². The lowest BCUT2D eigenvalue weighted by atomic mass is 9.81. The second-order valence-corrected chi connectivity index (χ2v) is 6.25. The van der Waals surface area contributed by atoms with Crippen LogP contribution in [-0.4, -0.2) is 19.7 Å². The molecule has 0 amide bonds. The van der Waals surface area contributed by atoms with Crippen molar-refractivity contribution in [3.05, 3.63) is 35.4 Å². The highest BCUT2D eigenvalue weighted by atomic mass is 16.5. The van der Waals surface area contributed by atoms with Gasteiger partial charge in [-0.2, -0.15) is 0 Å². The molecule has 0 saturated heterocycles. The highest BCUT2D eigenvalue weighted by Gasteiger charge is 2.29. The highest BCUT2D eigenvalue weighted by molar-refractivity contribution is 5.31. The zero-order valence-electron chi connectivity index (χ0n) is 12.0. The third-order valence-electron chi connectivity index (χ3n) is 3.94. The summed E-state index contributed by atoms with van der Waals surface area (Å²) in [5.41, 5.74) is 3.09. The Morgan fingerprint density at radius 2 is 2.06 bits per heavy atom. The summed E-state index contributed by atoms with van der Waals surface area (Å²) in [6.07, 6.45) is 2.33. The Balaban J connectivity index is 2.16. The van der Waals surface area contributed by atoms with Gasteiger partial charge in [-0.15, -0.1) is 0 Å². The topological polar surface area (TPSA) is 21.3 Å². The third kappa shape index (κ3) is 2.93. The Morgan fingerprint density at radius 1 is 1.33 bits per heavy atom. The molecule has 2 heteroatoms. The normalized spacial score (nSPS) is 21.4. The number of nitrogens with one attached hydrogen (secondary N) is 1. The predicted octanol–water partition coefficient (Wildman–Crippen LogP) is 3.32. The van der Waals surface area contributed by atoms with Crippen LogP contribution in [0.5, 0.6) is 0 Å². The Kier molecular flexibility index (Phi) is 4.08. The van der Waals surface area contributed by atoms with E-state index in [0.717, 1.165) is 19.4 Å². The summed E-state index contributed by atoms with van der Waals surface area (Å²) in [6, 6.07) is 9.16. The van der Waals surface area contributed by atoms with Crippen molar-refractivity contribution in [2.24, 2.45) is 5.41 Å². The van der Waals surface area contributed by atoms with Gasteiger partial charge in [-0.25, -0.2) is 0 Å². The maximum atomic E-state index is 5.99. The van der Waals surface area contributed by atoms with Gasteiger partial charge in [-0.1, -0.05) is 45.0 Å². The summed E-state index contributed by atoms with van der Waals surface area (Å²) in [7, 11) is 2.05. The molecule has 1 aliphatic heterocycles. The molecule has 0 aromatic heterocycles. The summed E-state index contributed by atoms with van der Waals surface area (Å²) in [4.78, 5) is 0. The minimum atomic E-state index is 0.242. The van der Waals surface area contributed by atoms with Crippen molar-refractivity contribution in [2.75, 3.05) is 13.7 Å². The first-order chi connectivity index (χ1) is 8.52. The van der Waals surface area contributed by atoms with Crippen molar-refractivity contribution in [2.45, 2.75) is 45.8 Å². The molecule has 0 fully saturated rings. The largest absolute Gasteiger partial charge is 0.373 e. The lowest BCUT2D eigenvalue weighted by molar-refractivity contribution is 0.0201. The van der Waals surface area contributed by atoms with E-state index >= 15 is 0 Å². The predicted molar refractivity (Wildman–Crippen MR) is 75.8 cm³/mol. The third-order valence-corrected chi connectivity index (χ3v) is 3.94. The molecule has 0 bridgehead atoms. The molecule has 0 spiro atoms. The van der Waals surface area contributed by atoms with E-state index in [2.05, 4.69) is 50.4 Å². The van der Waals surface area contributed by atoms with E-state index in [4.69, 9.17) is 4.74 Å². The fourth-order valence-corrected chi connectivity index (χ4v) is 2.79. The van der Waals surface area contributed by atoms with E-state index in [-0.39, 0.29) is 11.5 Å². The molecule has 18 heavy (non-hydrogen) atoms. The molecule has 1 aliphatic rings. The number of fused-ring (bicyclic) bond motifs is 1. The van der Waals surface area contributed by atoms with Crippen LogP contribution in [0.25, 0.3) is 0 Å². The number of hydrogen-bond acceptors (Lipinski definition) is 2. The van der Waals surface area contributed by atoms with Crippen LogP contribution in [0.1, 0.15) is 44.4 Å². The number of benzene rings is 1. The number of rotatable bonds is 3. The Hall–Kier alpha value is -0.860. The van der Waals surface area contributed by atoms with Crippen LogP contribution in [-0.2, 0) is 11.2 Å². The van der Waals surface area contributed by atoms with Gasteiger partial charge < -0.3 is 10.1 Å². The molecule has 1 N–H and O–H groups in total. The first-order valence-corrected chi connectivity index (χ1v) is 6.89. The van der Waals surface area contributed by atoms with Crippen LogP contribution in [0.4, 0.5) is 0 Å². The van der Waals surface area contributed by atoms with Crippen LogP contribution >= 0.6 is 0 Å². The molecule has 1 aromatic rings. The van der Waals surface area contributed by atoms with Gasteiger partial charge in [0.1, 0.15) is 0 Å². The van der Waals surface area contributed by atoms with E-state index in [9.17, 15) is 0 Å².